The van der Waals surface area contributed by atoms with Crippen LogP contribution in [0.25, 0.3) is 11.1 Å². The van der Waals surface area contributed by atoms with Gasteiger partial charge >= 0.3 is 12.1 Å². The second-order valence-electron chi connectivity index (χ2n) is 8.71. The summed E-state index contributed by atoms with van der Waals surface area (Å²) < 4.78 is 15.5. The molecule has 0 aromatic heterocycles. The highest BCUT2D eigenvalue weighted by Crippen LogP contribution is 2.50. The molecule has 192 valence electrons. The van der Waals surface area contributed by atoms with E-state index in [4.69, 9.17) is 14.2 Å². The molecule has 1 aromatic carbocycles. The Kier molecular flexibility index (Phi) is 7.86. The minimum Gasteiger partial charge on any atom is -0.469 e. The van der Waals surface area contributed by atoms with Gasteiger partial charge in [-0.15, -0.1) is 0 Å². The van der Waals surface area contributed by atoms with Gasteiger partial charge in [0.05, 0.1) is 37.0 Å². The van der Waals surface area contributed by atoms with Gasteiger partial charge in [0.2, 0.25) is 0 Å². The molecule has 1 aliphatic heterocycles. The predicted octanol–water partition coefficient (Wildman–Crippen LogP) is 5.58. The second kappa shape index (κ2) is 11.2. The Balaban J connectivity index is 1.94. The predicted molar refractivity (Wildman–Crippen MR) is 137 cm³/mol. The van der Waals surface area contributed by atoms with Crippen molar-refractivity contribution in [2.45, 2.75) is 46.0 Å². The van der Waals surface area contributed by atoms with Crippen molar-refractivity contribution in [2.75, 3.05) is 18.6 Å². The molecule has 2 amide bonds. The number of carbonyl (C=O) groups is 4. The van der Waals surface area contributed by atoms with Gasteiger partial charge in [-0.1, -0.05) is 56.2 Å². The van der Waals surface area contributed by atoms with Crippen molar-refractivity contribution in [3.05, 3.63) is 70.8 Å². The number of amides is 2. The maximum absolute atomic E-state index is 13.5. The molecule has 0 bridgehead atoms. The van der Waals surface area contributed by atoms with Crippen LogP contribution in [0.15, 0.2) is 48.5 Å². The number of hydrogen-bond acceptors (Lipinski definition) is 7. The molecule has 8 heteroatoms. The number of nitrogens with zero attached hydrogens (tertiary/aromatic N) is 1. The van der Waals surface area contributed by atoms with Gasteiger partial charge in [0.1, 0.15) is 0 Å². The third kappa shape index (κ3) is 5.05. The number of rotatable bonds is 9. The van der Waals surface area contributed by atoms with Crippen LogP contribution < -0.4 is 9.64 Å². The lowest BCUT2D eigenvalue weighted by Gasteiger charge is -2.18. The van der Waals surface area contributed by atoms with Crippen LogP contribution >= 0.6 is 0 Å². The molecule has 37 heavy (non-hydrogen) atoms. The van der Waals surface area contributed by atoms with Crippen molar-refractivity contribution in [3.63, 3.8) is 0 Å². The van der Waals surface area contributed by atoms with Crippen LogP contribution in [-0.2, 0) is 27.1 Å². The summed E-state index contributed by atoms with van der Waals surface area (Å²) in [6, 6.07) is 13.7. The fourth-order valence-electron chi connectivity index (χ4n) is 4.59. The molecule has 0 radical (unpaired) electrons. The molecule has 0 N–H and O–H groups in total. The number of fused-ring (bicyclic) bond motifs is 2. The lowest BCUT2D eigenvalue weighted by molar-refractivity contribution is -0.139. The fraction of sp³-hybridized carbons (Fsp3) is 0.310. The molecular weight excluding hydrogens is 474 g/mol. The maximum atomic E-state index is 13.5. The number of esters is 1. The molecule has 4 rings (SSSR count). The molecule has 3 aliphatic rings. The van der Waals surface area contributed by atoms with Crippen LogP contribution in [0.3, 0.4) is 0 Å². The van der Waals surface area contributed by atoms with E-state index < -0.39 is 18.0 Å². The molecule has 0 spiro atoms. The normalized spacial score (nSPS) is 12.6. The van der Waals surface area contributed by atoms with Crippen LogP contribution in [0.5, 0.6) is 5.75 Å². The maximum Gasteiger partial charge on any atom is 0.513 e. The summed E-state index contributed by atoms with van der Waals surface area (Å²) in [5, 5.41) is 0. The summed E-state index contributed by atoms with van der Waals surface area (Å²) in [4.78, 5) is 52.4. The topological polar surface area (TPSA) is 99.2 Å². The van der Waals surface area contributed by atoms with Gasteiger partial charge in [0, 0.05) is 5.56 Å². The first-order chi connectivity index (χ1) is 17.9. The first-order valence-electron chi connectivity index (χ1n) is 12.4. The zero-order chi connectivity index (χ0) is 26.5. The van der Waals surface area contributed by atoms with Crippen molar-refractivity contribution < 1.29 is 33.4 Å². The highest BCUT2D eigenvalue weighted by Gasteiger charge is 2.42. The van der Waals surface area contributed by atoms with E-state index in [0.29, 0.717) is 28.7 Å². The number of unbranched alkanes of at least 4 members (excludes halogenated alkanes) is 2. The highest BCUT2D eigenvalue weighted by atomic mass is 16.7. The third-order valence-electron chi connectivity index (χ3n) is 6.36. The van der Waals surface area contributed by atoms with Gasteiger partial charge in [0.25, 0.3) is 11.8 Å². The Hall–Kier alpha value is -4.20. The van der Waals surface area contributed by atoms with E-state index in [1.54, 1.807) is 49.4 Å². The van der Waals surface area contributed by atoms with Crippen molar-refractivity contribution in [1.29, 1.82) is 0 Å². The van der Waals surface area contributed by atoms with Crippen LogP contribution in [0.1, 0.15) is 65.0 Å². The number of imide groups is 1. The molecule has 0 saturated carbocycles. The van der Waals surface area contributed by atoms with Crippen molar-refractivity contribution in [1.82, 2.24) is 0 Å². The molecule has 1 heterocycles. The molecule has 2 aliphatic carbocycles. The fourth-order valence-corrected chi connectivity index (χ4v) is 4.59. The zero-order valence-corrected chi connectivity index (χ0v) is 21.2. The number of hydrogen-bond donors (Lipinski definition) is 0. The Bertz CT molecular complexity index is 1290. The van der Waals surface area contributed by atoms with Gasteiger partial charge in [-0.3, -0.25) is 14.4 Å². The van der Waals surface area contributed by atoms with Gasteiger partial charge in [-0.05, 0) is 48.6 Å². The van der Waals surface area contributed by atoms with E-state index in [0.717, 1.165) is 35.3 Å². The van der Waals surface area contributed by atoms with Crippen LogP contribution in [0.2, 0.25) is 0 Å². The lowest BCUT2D eigenvalue weighted by Crippen LogP contribution is -2.30. The second-order valence-corrected chi connectivity index (χ2v) is 8.71. The van der Waals surface area contributed by atoms with E-state index in [-0.39, 0.29) is 30.4 Å². The van der Waals surface area contributed by atoms with Crippen molar-refractivity contribution >= 4 is 29.6 Å². The molecule has 1 aromatic rings. The lowest BCUT2D eigenvalue weighted by atomic mass is 10.0. The molecule has 0 saturated heterocycles. The Morgan fingerprint density at radius 1 is 0.838 bits per heavy atom. The van der Waals surface area contributed by atoms with E-state index in [2.05, 4.69) is 6.92 Å². The molecule has 8 nitrogen and oxygen atoms in total. The monoisotopic (exact) mass is 503 g/mol. The van der Waals surface area contributed by atoms with Crippen LogP contribution in [-0.4, -0.2) is 37.7 Å². The van der Waals surface area contributed by atoms with E-state index >= 15 is 0 Å². The van der Waals surface area contributed by atoms with Crippen LogP contribution in [0.4, 0.5) is 10.5 Å². The average molecular weight is 504 g/mol. The third-order valence-corrected chi connectivity index (χ3v) is 6.36. The Morgan fingerprint density at radius 3 is 2.08 bits per heavy atom. The smallest absolute Gasteiger partial charge is 0.469 e. The number of ether oxygens (including phenoxy) is 3. The first-order valence-corrected chi connectivity index (χ1v) is 12.4. The van der Waals surface area contributed by atoms with Gasteiger partial charge in [-0.25, -0.2) is 9.69 Å². The SMILES string of the molecule is CCCCCc1c2ccc(CC(=O)OC)ccc-2c(OC(=O)OCC)c1N1C(=O)c2ccccc2C1=O. The van der Waals surface area contributed by atoms with Crippen LogP contribution in [0, 0.1) is 0 Å². The van der Waals surface area contributed by atoms with E-state index in [1.807, 2.05) is 6.07 Å². The minimum atomic E-state index is -0.936. The number of anilines is 1. The molecule has 0 fully saturated rings. The zero-order valence-electron chi connectivity index (χ0n) is 21.2. The molecule has 0 atom stereocenters. The summed E-state index contributed by atoms with van der Waals surface area (Å²) >= 11 is 0. The number of benzene rings is 1. The Morgan fingerprint density at radius 2 is 1.49 bits per heavy atom. The Labute approximate surface area is 215 Å². The van der Waals surface area contributed by atoms with E-state index in [1.165, 1.54) is 7.11 Å². The van der Waals surface area contributed by atoms with E-state index in [9.17, 15) is 19.2 Å². The summed E-state index contributed by atoms with van der Waals surface area (Å²) in [6.07, 6.45) is 2.40. The number of methoxy groups -OCH3 is 1. The summed E-state index contributed by atoms with van der Waals surface area (Å²) in [5.41, 5.74) is 3.52. The van der Waals surface area contributed by atoms with Gasteiger partial charge < -0.3 is 14.2 Å². The minimum absolute atomic E-state index is 0.0677. The highest BCUT2D eigenvalue weighted by molar-refractivity contribution is 6.35. The quantitative estimate of drug-likeness (QED) is 0.214. The summed E-state index contributed by atoms with van der Waals surface area (Å²) in [6.45, 7) is 3.84. The summed E-state index contributed by atoms with van der Waals surface area (Å²) in [5.74, 6) is -1.26. The number of carbonyl (C=O) groups excluding carboxylic acids is 4. The summed E-state index contributed by atoms with van der Waals surface area (Å²) in [7, 11) is 1.33. The molecular formula is C29H29NO7. The van der Waals surface area contributed by atoms with Gasteiger partial charge in [0.15, 0.2) is 5.75 Å². The molecule has 0 unspecified atom stereocenters. The first kappa shape index (κ1) is 25.9. The standard InChI is InChI=1S/C29H29NO7/c1-4-6-7-10-20-19-15-13-18(17-24(31)35-3)14-16-21(19)26(37-29(34)36-5-2)25(20)30-27(32)22-11-8-9-12-23(22)28(30)33/h8-9,11-16H,4-7,10,17H2,1-3H3. The largest absolute Gasteiger partial charge is 0.513 e. The van der Waals surface area contributed by atoms with Gasteiger partial charge in [-0.2, -0.15) is 0 Å². The van der Waals surface area contributed by atoms with Crippen molar-refractivity contribution in [2.24, 2.45) is 0 Å². The average Bonchev–Trinajstić information content (AvgIpc) is 3.19. The van der Waals surface area contributed by atoms with Crippen molar-refractivity contribution in [3.8, 4) is 16.9 Å².